The summed E-state index contributed by atoms with van der Waals surface area (Å²) in [6, 6.07) is 5.27. The van der Waals surface area contributed by atoms with Crippen molar-refractivity contribution in [2.45, 2.75) is 51.7 Å². The summed E-state index contributed by atoms with van der Waals surface area (Å²) in [6.07, 6.45) is 0.00139. The number of benzene rings is 1. The quantitative estimate of drug-likeness (QED) is 0.705. The highest BCUT2D eigenvalue weighted by atomic mass is 19.4. The number of halogens is 3. The first kappa shape index (κ1) is 21.4. The highest BCUT2D eigenvalue weighted by Crippen LogP contribution is 2.33. The van der Waals surface area contributed by atoms with E-state index in [9.17, 15) is 18.0 Å². The number of hydrogen-bond donors (Lipinski definition) is 1. The van der Waals surface area contributed by atoms with Gasteiger partial charge in [0.2, 0.25) is 0 Å². The van der Waals surface area contributed by atoms with Crippen molar-refractivity contribution >= 4 is 5.91 Å². The Morgan fingerprint density at radius 1 is 1.34 bits per heavy atom. The van der Waals surface area contributed by atoms with Crippen molar-refractivity contribution in [1.82, 2.24) is 15.4 Å². The number of likely N-dealkylation sites (tertiary alicyclic amines) is 1. The Balaban J connectivity index is 1.65. The molecule has 2 aromatic rings. The number of piperidine rings is 1. The van der Waals surface area contributed by atoms with E-state index >= 15 is 0 Å². The number of amides is 1. The second-order valence-electron chi connectivity index (χ2n) is 7.54. The predicted octanol–water partition coefficient (Wildman–Crippen LogP) is 4.66. The van der Waals surface area contributed by atoms with Gasteiger partial charge < -0.3 is 14.7 Å². The highest BCUT2D eigenvalue weighted by Gasteiger charge is 2.31. The zero-order valence-electron chi connectivity index (χ0n) is 16.7. The second kappa shape index (κ2) is 8.98. The Kier molecular flexibility index (Phi) is 6.62. The molecule has 1 aromatic carbocycles. The standard InChI is InChI=1S/C21H26F3N3O2/c1-14-7-3-4-11-27(14)12-6-10-25-20(28)18-15(2)26-29-19(18)16-8-5-9-17(13-16)21(22,23)24/h5,8-9,13-14H,3-4,6-7,10-12H2,1-2H3,(H,25,28). The van der Waals surface area contributed by atoms with Crippen LogP contribution in [0.2, 0.25) is 0 Å². The Labute approximate surface area is 168 Å². The molecule has 1 aliphatic rings. The van der Waals surface area contributed by atoms with Crippen LogP contribution in [0.15, 0.2) is 28.8 Å². The minimum absolute atomic E-state index is 0.0516. The number of nitrogens with zero attached hydrogens (tertiary/aromatic N) is 2. The summed E-state index contributed by atoms with van der Waals surface area (Å²) in [5.41, 5.74) is -0.103. The van der Waals surface area contributed by atoms with Crippen LogP contribution < -0.4 is 5.32 Å². The lowest BCUT2D eigenvalue weighted by molar-refractivity contribution is -0.137. The molecule has 0 radical (unpaired) electrons. The van der Waals surface area contributed by atoms with Crippen molar-refractivity contribution in [3.63, 3.8) is 0 Å². The zero-order valence-corrected chi connectivity index (χ0v) is 16.7. The number of rotatable bonds is 6. The lowest BCUT2D eigenvalue weighted by Gasteiger charge is -2.33. The molecule has 0 bridgehead atoms. The van der Waals surface area contributed by atoms with Gasteiger partial charge >= 0.3 is 6.18 Å². The van der Waals surface area contributed by atoms with Crippen LogP contribution in [0.4, 0.5) is 13.2 Å². The lowest BCUT2D eigenvalue weighted by atomic mass is 10.0. The molecular weight excluding hydrogens is 383 g/mol. The number of carbonyl (C=O) groups excluding carboxylic acids is 1. The van der Waals surface area contributed by atoms with E-state index in [1.165, 1.54) is 31.4 Å². The van der Waals surface area contributed by atoms with Gasteiger partial charge in [0.05, 0.1) is 11.3 Å². The van der Waals surface area contributed by atoms with Crippen LogP contribution in [-0.2, 0) is 6.18 Å². The summed E-state index contributed by atoms with van der Waals surface area (Å²) < 4.78 is 44.2. The molecule has 1 aliphatic heterocycles. The van der Waals surface area contributed by atoms with Crippen LogP contribution in [0.25, 0.3) is 11.3 Å². The van der Waals surface area contributed by atoms with E-state index in [4.69, 9.17) is 4.52 Å². The van der Waals surface area contributed by atoms with Gasteiger partial charge in [0, 0.05) is 24.7 Å². The molecule has 1 atom stereocenters. The van der Waals surface area contributed by atoms with Gasteiger partial charge in [-0.2, -0.15) is 13.2 Å². The first-order chi connectivity index (χ1) is 13.8. The van der Waals surface area contributed by atoms with Crippen LogP contribution in [0, 0.1) is 6.92 Å². The highest BCUT2D eigenvalue weighted by molar-refractivity contribution is 6.00. The molecule has 0 saturated carbocycles. The monoisotopic (exact) mass is 409 g/mol. The maximum atomic E-state index is 13.0. The molecule has 1 aromatic heterocycles. The van der Waals surface area contributed by atoms with Gasteiger partial charge in [0.25, 0.3) is 5.91 Å². The average molecular weight is 409 g/mol. The third kappa shape index (κ3) is 5.18. The molecule has 0 spiro atoms. The van der Waals surface area contributed by atoms with Gasteiger partial charge in [0.15, 0.2) is 5.76 Å². The summed E-state index contributed by atoms with van der Waals surface area (Å²) in [5, 5.41) is 6.64. The largest absolute Gasteiger partial charge is 0.416 e. The molecule has 29 heavy (non-hydrogen) atoms. The van der Waals surface area contributed by atoms with Gasteiger partial charge in [-0.15, -0.1) is 0 Å². The molecule has 1 amide bonds. The van der Waals surface area contributed by atoms with Crippen molar-refractivity contribution < 1.29 is 22.5 Å². The van der Waals surface area contributed by atoms with Crippen LogP contribution in [0.3, 0.4) is 0 Å². The van der Waals surface area contributed by atoms with Crippen molar-refractivity contribution in [3.8, 4) is 11.3 Å². The Bertz CT molecular complexity index is 848. The number of aromatic nitrogens is 1. The smallest absolute Gasteiger partial charge is 0.355 e. The van der Waals surface area contributed by atoms with Crippen LogP contribution >= 0.6 is 0 Å². The third-order valence-electron chi connectivity index (χ3n) is 5.39. The second-order valence-corrected chi connectivity index (χ2v) is 7.54. The topological polar surface area (TPSA) is 58.4 Å². The van der Waals surface area contributed by atoms with Gasteiger partial charge in [-0.3, -0.25) is 4.79 Å². The maximum absolute atomic E-state index is 13.0. The maximum Gasteiger partial charge on any atom is 0.416 e. The SMILES string of the molecule is Cc1noc(-c2cccc(C(F)(F)F)c2)c1C(=O)NCCCN1CCCCC1C. The summed E-state index contributed by atoms with van der Waals surface area (Å²) in [7, 11) is 0. The normalized spacial score (nSPS) is 18.0. The fourth-order valence-corrected chi connectivity index (χ4v) is 3.73. The molecule has 158 valence electrons. The molecule has 1 fully saturated rings. The summed E-state index contributed by atoms with van der Waals surface area (Å²) >= 11 is 0. The number of hydrogen-bond acceptors (Lipinski definition) is 4. The van der Waals surface area contributed by atoms with E-state index in [0.717, 1.165) is 31.6 Å². The Morgan fingerprint density at radius 2 is 2.14 bits per heavy atom. The molecular formula is C21H26F3N3O2. The summed E-state index contributed by atoms with van der Waals surface area (Å²) in [5.74, 6) is -0.335. The van der Waals surface area contributed by atoms with Crippen molar-refractivity contribution in [2.75, 3.05) is 19.6 Å². The summed E-state index contributed by atoms with van der Waals surface area (Å²) in [4.78, 5) is 15.1. The Morgan fingerprint density at radius 3 is 2.86 bits per heavy atom. The molecule has 0 aliphatic carbocycles. The Hall–Kier alpha value is -2.35. The van der Waals surface area contributed by atoms with Crippen molar-refractivity contribution in [2.24, 2.45) is 0 Å². The van der Waals surface area contributed by atoms with E-state index in [0.29, 0.717) is 18.3 Å². The molecule has 1 unspecified atom stereocenters. The third-order valence-corrected chi connectivity index (χ3v) is 5.39. The van der Waals surface area contributed by atoms with Crippen molar-refractivity contribution in [1.29, 1.82) is 0 Å². The van der Waals surface area contributed by atoms with Crippen LogP contribution in [-0.4, -0.2) is 41.6 Å². The molecule has 1 saturated heterocycles. The number of carbonyl (C=O) groups is 1. The molecule has 3 rings (SSSR count). The molecule has 1 N–H and O–H groups in total. The first-order valence-corrected chi connectivity index (χ1v) is 9.93. The van der Waals surface area contributed by atoms with Gasteiger partial charge in [-0.1, -0.05) is 23.7 Å². The fraction of sp³-hybridized carbons (Fsp3) is 0.524. The van der Waals surface area contributed by atoms with Gasteiger partial charge in [-0.25, -0.2) is 0 Å². The molecule has 5 nitrogen and oxygen atoms in total. The minimum atomic E-state index is -4.47. The van der Waals surface area contributed by atoms with Crippen molar-refractivity contribution in [3.05, 3.63) is 41.1 Å². The fourth-order valence-electron chi connectivity index (χ4n) is 3.73. The number of alkyl halides is 3. The number of aryl methyl sites for hydroxylation is 1. The minimum Gasteiger partial charge on any atom is -0.355 e. The zero-order chi connectivity index (χ0) is 21.0. The van der Waals surface area contributed by atoms with E-state index in [1.807, 2.05) is 0 Å². The average Bonchev–Trinajstić information content (AvgIpc) is 3.07. The summed E-state index contributed by atoms with van der Waals surface area (Å²) in [6.45, 7) is 6.29. The van der Waals surface area contributed by atoms with Gasteiger partial charge in [0.1, 0.15) is 5.56 Å². The van der Waals surface area contributed by atoms with Crippen LogP contribution in [0.5, 0.6) is 0 Å². The predicted molar refractivity (Wildman–Crippen MR) is 104 cm³/mol. The first-order valence-electron chi connectivity index (χ1n) is 9.93. The molecule has 2 heterocycles. The van der Waals surface area contributed by atoms with E-state index in [1.54, 1.807) is 6.92 Å². The van der Waals surface area contributed by atoms with Crippen LogP contribution in [0.1, 0.15) is 54.2 Å². The van der Waals surface area contributed by atoms with E-state index in [-0.39, 0.29) is 22.8 Å². The van der Waals surface area contributed by atoms with Gasteiger partial charge in [-0.05, 0) is 51.8 Å². The van der Waals surface area contributed by atoms with E-state index in [2.05, 4.69) is 22.3 Å². The van der Waals surface area contributed by atoms with E-state index < -0.39 is 11.7 Å². The lowest BCUT2D eigenvalue weighted by Crippen LogP contribution is -2.39. The molecule has 8 heteroatoms. The number of nitrogens with one attached hydrogen (secondary N) is 1.